The predicted octanol–water partition coefficient (Wildman–Crippen LogP) is 1.96. The van der Waals surface area contributed by atoms with Gasteiger partial charge in [-0.25, -0.2) is 0 Å². The van der Waals surface area contributed by atoms with Gasteiger partial charge in [-0.15, -0.1) is 0 Å². The van der Waals surface area contributed by atoms with Gasteiger partial charge in [0, 0.05) is 24.9 Å². The number of nitrogen functional groups attached to an aromatic ring is 1. The number of aryl methyl sites for hydroxylation is 2. The first-order valence-corrected chi connectivity index (χ1v) is 5.90. The lowest BCUT2D eigenvalue weighted by Gasteiger charge is -2.01. The molecule has 5 nitrogen and oxygen atoms in total. The third-order valence-corrected chi connectivity index (χ3v) is 2.62. The molecule has 1 aromatic heterocycles. The number of hydrogen-bond acceptors (Lipinski definition) is 3. The molecule has 0 radical (unpaired) electrons. The predicted molar refractivity (Wildman–Crippen MR) is 76.5 cm³/mol. The highest BCUT2D eigenvalue weighted by Gasteiger charge is 2.03. The zero-order valence-electron chi connectivity index (χ0n) is 10.9. The molecule has 1 heterocycles. The van der Waals surface area contributed by atoms with Crippen LogP contribution in [0.3, 0.4) is 0 Å². The van der Waals surface area contributed by atoms with Crippen LogP contribution in [0.4, 0.5) is 11.5 Å². The summed E-state index contributed by atoms with van der Waals surface area (Å²) in [4.78, 5) is 11.8. The van der Waals surface area contributed by atoms with Gasteiger partial charge in [-0.2, -0.15) is 5.10 Å². The second-order valence-corrected chi connectivity index (χ2v) is 4.28. The quantitative estimate of drug-likeness (QED) is 0.651. The molecule has 0 spiro atoms. The maximum atomic E-state index is 11.8. The van der Waals surface area contributed by atoms with E-state index in [1.807, 2.05) is 25.1 Å². The van der Waals surface area contributed by atoms with Gasteiger partial charge in [-0.05, 0) is 30.7 Å². The smallest absolute Gasteiger partial charge is 0.249 e. The lowest BCUT2D eigenvalue weighted by molar-refractivity contribution is -0.111. The van der Waals surface area contributed by atoms with Crippen LogP contribution in [0, 0.1) is 6.92 Å². The van der Waals surface area contributed by atoms with Crippen molar-refractivity contribution < 1.29 is 4.79 Å². The van der Waals surface area contributed by atoms with Crippen molar-refractivity contribution in [3.05, 3.63) is 47.7 Å². The number of nitrogens with one attached hydrogen (secondary N) is 1. The number of aromatic nitrogens is 2. The largest absolute Gasteiger partial charge is 0.399 e. The standard InChI is InChI=1S/C14H16N4O/c1-10-9-13(18(2)17-10)16-14(19)8-5-11-3-6-12(15)7-4-11/h3-9H,15H2,1-2H3,(H,16,19)/b8-5+. The zero-order valence-corrected chi connectivity index (χ0v) is 10.9. The summed E-state index contributed by atoms with van der Waals surface area (Å²) < 4.78 is 1.63. The summed E-state index contributed by atoms with van der Waals surface area (Å²) in [6.45, 7) is 1.87. The van der Waals surface area contributed by atoms with Gasteiger partial charge in [0.25, 0.3) is 0 Å². The molecule has 98 valence electrons. The van der Waals surface area contributed by atoms with Gasteiger partial charge in [0.15, 0.2) is 0 Å². The van der Waals surface area contributed by atoms with E-state index >= 15 is 0 Å². The zero-order chi connectivity index (χ0) is 13.8. The third-order valence-electron chi connectivity index (χ3n) is 2.62. The van der Waals surface area contributed by atoms with Crippen LogP contribution in [0.15, 0.2) is 36.4 Å². The Morgan fingerprint density at radius 3 is 2.63 bits per heavy atom. The number of carbonyl (C=O) groups excluding carboxylic acids is 1. The Balaban J connectivity index is 2.01. The second-order valence-electron chi connectivity index (χ2n) is 4.28. The number of rotatable bonds is 3. The Bertz CT molecular complexity index is 611. The van der Waals surface area contributed by atoms with Crippen molar-refractivity contribution in [1.82, 2.24) is 9.78 Å². The molecule has 19 heavy (non-hydrogen) atoms. The highest BCUT2D eigenvalue weighted by molar-refractivity contribution is 6.01. The highest BCUT2D eigenvalue weighted by Crippen LogP contribution is 2.09. The van der Waals surface area contributed by atoms with Crippen LogP contribution in [0.5, 0.6) is 0 Å². The number of amides is 1. The maximum absolute atomic E-state index is 11.8. The fourth-order valence-electron chi connectivity index (χ4n) is 1.67. The molecule has 0 aliphatic heterocycles. The molecule has 5 heteroatoms. The summed E-state index contributed by atoms with van der Waals surface area (Å²) >= 11 is 0. The first-order chi connectivity index (χ1) is 9.04. The van der Waals surface area contributed by atoms with Gasteiger partial charge in [0.2, 0.25) is 5.91 Å². The van der Waals surface area contributed by atoms with Gasteiger partial charge in [-0.3, -0.25) is 9.48 Å². The molecule has 1 amide bonds. The Labute approximate surface area is 111 Å². The van der Waals surface area contributed by atoms with Crippen molar-refractivity contribution in [2.24, 2.45) is 7.05 Å². The molecule has 0 bridgehead atoms. The van der Waals surface area contributed by atoms with E-state index in [4.69, 9.17) is 5.73 Å². The first-order valence-electron chi connectivity index (χ1n) is 5.90. The van der Waals surface area contributed by atoms with Gasteiger partial charge >= 0.3 is 0 Å². The normalized spacial score (nSPS) is 10.8. The Kier molecular flexibility index (Phi) is 3.66. The Hall–Kier alpha value is -2.56. The number of anilines is 2. The minimum Gasteiger partial charge on any atom is -0.399 e. The molecule has 0 aliphatic rings. The van der Waals surface area contributed by atoms with E-state index in [1.54, 1.807) is 29.9 Å². The van der Waals surface area contributed by atoms with Gasteiger partial charge < -0.3 is 11.1 Å². The minimum atomic E-state index is -0.195. The Morgan fingerprint density at radius 1 is 1.37 bits per heavy atom. The molecule has 0 atom stereocenters. The Morgan fingerprint density at radius 2 is 2.05 bits per heavy atom. The van der Waals surface area contributed by atoms with Crippen LogP contribution in [-0.4, -0.2) is 15.7 Å². The van der Waals surface area contributed by atoms with Crippen molar-refractivity contribution in [2.75, 3.05) is 11.1 Å². The van der Waals surface area contributed by atoms with E-state index in [-0.39, 0.29) is 5.91 Å². The average molecular weight is 256 g/mol. The molecule has 0 saturated carbocycles. The van der Waals surface area contributed by atoms with Crippen LogP contribution in [0.1, 0.15) is 11.3 Å². The lowest BCUT2D eigenvalue weighted by Crippen LogP contribution is -2.11. The summed E-state index contributed by atoms with van der Waals surface area (Å²) in [5.41, 5.74) is 8.07. The van der Waals surface area contributed by atoms with Gasteiger partial charge in [-0.1, -0.05) is 12.1 Å². The molecule has 0 aliphatic carbocycles. The molecule has 1 aromatic carbocycles. The monoisotopic (exact) mass is 256 g/mol. The van der Waals surface area contributed by atoms with Crippen LogP contribution in [0.25, 0.3) is 6.08 Å². The SMILES string of the molecule is Cc1cc(NC(=O)/C=C/c2ccc(N)cc2)n(C)n1. The van der Waals surface area contributed by atoms with Crippen LogP contribution < -0.4 is 11.1 Å². The summed E-state index contributed by atoms with van der Waals surface area (Å²) in [6.07, 6.45) is 3.21. The topological polar surface area (TPSA) is 72.9 Å². The summed E-state index contributed by atoms with van der Waals surface area (Å²) in [5.74, 6) is 0.476. The fraction of sp³-hybridized carbons (Fsp3) is 0.143. The van der Waals surface area contributed by atoms with E-state index in [0.717, 1.165) is 11.3 Å². The van der Waals surface area contributed by atoms with Crippen molar-refractivity contribution in [3.8, 4) is 0 Å². The second kappa shape index (κ2) is 5.39. The molecule has 0 saturated heterocycles. The molecule has 3 N–H and O–H groups in total. The molecule has 0 unspecified atom stereocenters. The van der Waals surface area contributed by atoms with E-state index < -0.39 is 0 Å². The lowest BCUT2D eigenvalue weighted by atomic mass is 10.2. The molecule has 2 rings (SSSR count). The summed E-state index contributed by atoms with van der Waals surface area (Å²) in [5, 5.41) is 6.92. The fourth-order valence-corrected chi connectivity index (χ4v) is 1.67. The molecule has 0 fully saturated rings. The molecular weight excluding hydrogens is 240 g/mol. The van der Waals surface area contributed by atoms with Crippen LogP contribution in [-0.2, 0) is 11.8 Å². The molecule has 2 aromatic rings. The number of nitrogens with two attached hydrogens (primary N) is 1. The minimum absolute atomic E-state index is 0.195. The number of nitrogens with zero attached hydrogens (tertiary/aromatic N) is 2. The number of carbonyl (C=O) groups is 1. The van der Waals surface area contributed by atoms with E-state index in [0.29, 0.717) is 11.5 Å². The third kappa shape index (κ3) is 3.45. The van der Waals surface area contributed by atoms with Gasteiger partial charge in [0.1, 0.15) is 5.82 Å². The first kappa shape index (κ1) is 12.9. The van der Waals surface area contributed by atoms with E-state index in [2.05, 4.69) is 10.4 Å². The maximum Gasteiger partial charge on any atom is 0.249 e. The van der Waals surface area contributed by atoms with Crippen LogP contribution >= 0.6 is 0 Å². The van der Waals surface area contributed by atoms with Crippen molar-refractivity contribution in [2.45, 2.75) is 6.92 Å². The molecular formula is C14H16N4O. The highest BCUT2D eigenvalue weighted by atomic mass is 16.1. The summed E-state index contributed by atoms with van der Waals surface area (Å²) in [7, 11) is 1.78. The number of benzene rings is 1. The van der Waals surface area contributed by atoms with Crippen molar-refractivity contribution in [3.63, 3.8) is 0 Å². The van der Waals surface area contributed by atoms with E-state index in [1.165, 1.54) is 6.08 Å². The van der Waals surface area contributed by atoms with E-state index in [9.17, 15) is 4.79 Å². The van der Waals surface area contributed by atoms with Crippen molar-refractivity contribution >= 4 is 23.5 Å². The average Bonchev–Trinajstić information content (AvgIpc) is 2.67. The van der Waals surface area contributed by atoms with Crippen LogP contribution in [0.2, 0.25) is 0 Å². The number of hydrogen-bond donors (Lipinski definition) is 2. The van der Waals surface area contributed by atoms with Gasteiger partial charge in [0.05, 0.1) is 5.69 Å². The summed E-state index contributed by atoms with van der Waals surface area (Å²) in [6, 6.07) is 9.11. The van der Waals surface area contributed by atoms with Crippen molar-refractivity contribution in [1.29, 1.82) is 0 Å².